The van der Waals surface area contributed by atoms with Gasteiger partial charge in [-0.1, -0.05) is 19.1 Å². The highest BCUT2D eigenvalue weighted by Gasteiger charge is 2.03. The first-order chi connectivity index (χ1) is 7.13. The molecule has 0 bridgehead atoms. The molecule has 0 aliphatic carbocycles. The van der Waals surface area contributed by atoms with Crippen LogP contribution in [-0.2, 0) is 0 Å². The minimum absolute atomic E-state index is 0.241. The molecule has 0 aliphatic rings. The molecule has 0 fully saturated rings. The molecule has 0 saturated carbocycles. The first-order valence-electron chi connectivity index (χ1n) is 5.51. The van der Waals surface area contributed by atoms with Crippen LogP contribution in [0.15, 0.2) is 18.2 Å². The highest BCUT2D eigenvalue weighted by molar-refractivity contribution is 5.35. The van der Waals surface area contributed by atoms with Gasteiger partial charge in [0, 0.05) is 6.42 Å². The van der Waals surface area contributed by atoms with Gasteiger partial charge < -0.3 is 9.84 Å². The van der Waals surface area contributed by atoms with Crippen molar-refractivity contribution in [2.45, 2.75) is 39.7 Å². The Morgan fingerprint density at radius 2 is 2.07 bits per heavy atom. The van der Waals surface area contributed by atoms with E-state index in [2.05, 4.69) is 12.1 Å². The minimum Gasteiger partial charge on any atom is -0.493 e. The van der Waals surface area contributed by atoms with Crippen LogP contribution in [0.5, 0.6) is 5.75 Å². The second-order valence-corrected chi connectivity index (χ2v) is 3.97. The van der Waals surface area contributed by atoms with E-state index in [0.717, 1.165) is 17.7 Å². The molecule has 1 aromatic rings. The predicted octanol–water partition coefficient (Wildman–Crippen LogP) is 2.84. The summed E-state index contributed by atoms with van der Waals surface area (Å²) >= 11 is 0. The maximum absolute atomic E-state index is 9.38. The van der Waals surface area contributed by atoms with Crippen LogP contribution in [0.1, 0.15) is 30.9 Å². The van der Waals surface area contributed by atoms with Crippen molar-refractivity contribution in [3.8, 4) is 5.75 Å². The number of hydrogen-bond donors (Lipinski definition) is 1. The average Bonchev–Trinajstić information content (AvgIpc) is 2.23. The Morgan fingerprint density at radius 3 is 2.73 bits per heavy atom. The van der Waals surface area contributed by atoms with Crippen molar-refractivity contribution in [3.05, 3.63) is 29.3 Å². The van der Waals surface area contributed by atoms with E-state index in [0.29, 0.717) is 13.0 Å². The van der Waals surface area contributed by atoms with E-state index in [4.69, 9.17) is 4.74 Å². The zero-order chi connectivity index (χ0) is 11.3. The molecule has 1 atom stereocenters. The summed E-state index contributed by atoms with van der Waals surface area (Å²) in [5.41, 5.74) is 2.35. The van der Waals surface area contributed by atoms with Crippen molar-refractivity contribution in [3.63, 3.8) is 0 Å². The fraction of sp³-hybridized carbons (Fsp3) is 0.538. The quantitative estimate of drug-likeness (QED) is 0.806. The van der Waals surface area contributed by atoms with E-state index in [1.165, 1.54) is 5.56 Å². The minimum atomic E-state index is -0.241. The lowest BCUT2D eigenvalue weighted by molar-refractivity contribution is 0.135. The van der Waals surface area contributed by atoms with Crippen LogP contribution in [0.2, 0.25) is 0 Å². The SMILES string of the molecule is CCC(O)CCOc1cc(C)ccc1C. The van der Waals surface area contributed by atoms with Crippen LogP contribution in [0.25, 0.3) is 0 Å². The van der Waals surface area contributed by atoms with Gasteiger partial charge in [0.2, 0.25) is 0 Å². The van der Waals surface area contributed by atoms with Crippen molar-refractivity contribution in [2.24, 2.45) is 0 Å². The van der Waals surface area contributed by atoms with Crippen LogP contribution in [0, 0.1) is 13.8 Å². The molecule has 0 spiro atoms. The summed E-state index contributed by atoms with van der Waals surface area (Å²) < 4.78 is 5.63. The van der Waals surface area contributed by atoms with Gasteiger partial charge in [0.15, 0.2) is 0 Å². The third kappa shape index (κ3) is 3.92. The van der Waals surface area contributed by atoms with Gasteiger partial charge in [-0.05, 0) is 37.5 Å². The fourth-order valence-corrected chi connectivity index (χ4v) is 1.37. The van der Waals surface area contributed by atoms with Gasteiger partial charge in [-0.2, -0.15) is 0 Å². The molecular weight excluding hydrogens is 188 g/mol. The maximum Gasteiger partial charge on any atom is 0.122 e. The monoisotopic (exact) mass is 208 g/mol. The summed E-state index contributed by atoms with van der Waals surface area (Å²) in [6.07, 6.45) is 1.25. The predicted molar refractivity (Wildman–Crippen MR) is 62.3 cm³/mol. The summed E-state index contributed by atoms with van der Waals surface area (Å²) in [6.45, 7) is 6.64. The molecule has 0 aliphatic heterocycles. The fourth-order valence-electron chi connectivity index (χ4n) is 1.37. The Balaban J connectivity index is 2.46. The van der Waals surface area contributed by atoms with Gasteiger partial charge in [-0.25, -0.2) is 0 Å². The Morgan fingerprint density at radius 1 is 1.33 bits per heavy atom. The smallest absolute Gasteiger partial charge is 0.122 e. The Hall–Kier alpha value is -1.02. The van der Waals surface area contributed by atoms with Crippen LogP contribution < -0.4 is 4.74 Å². The van der Waals surface area contributed by atoms with Gasteiger partial charge in [0.05, 0.1) is 12.7 Å². The molecule has 0 aromatic heterocycles. The Labute approximate surface area is 91.9 Å². The Bertz CT molecular complexity index is 307. The van der Waals surface area contributed by atoms with Crippen molar-refractivity contribution in [2.75, 3.05) is 6.61 Å². The van der Waals surface area contributed by atoms with Gasteiger partial charge in [0.1, 0.15) is 5.75 Å². The zero-order valence-corrected chi connectivity index (χ0v) is 9.79. The van der Waals surface area contributed by atoms with Crippen LogP contribution in [0.3, 0.4) is 0 Å². The van der Waals surface area contributed by atoms with Gasteiger partial charge >= 0.3 is 0 Å². The molecule has 1 aromatic carbocycles. The third-order valence-corrected chi connectivity index (χ3v) is 2.52. The molecule has 1 unspecified atom stereocenters. The molecule has 1 N–H and O–H groups in total. The van der Waals surface area contributed by atoms with E-state index < -0.39 is 0 Å². The lowest BCUT2D eigenvalue weighted by Gasteiger charge is -2.11. The second kappa shape index (κ2) is 5.76. The normalized spacial score (nSPS) is 12.5. The van der Waals surface area contributed by atoms with Crippen LogP contribution in [-0.4, -0.2) is 17.8 Å². The second-order valence-electron chi connectivity index (χ2n) is 3.97. The van der Waals surface area contributed by atoms with Crippen LogP contribution >= 0.6 is 0 Å². The van der Waals surface area contributed by atoms with E-state index in [9.17, 15) is 5.11 Å². The standard InChI is InChI=1S/C13H20O2/c1-4-12(14)7-8-15-13-9-10(2)5-6-11(13)3/h5-6,9,12,14H,4,7-8H2,1-3H3. The summed E-state index contributed by atoms with van der Waals surface area (Å²) in [6, 6.07) is 6.16. The van der Waals surface area contributed by atoms with Gasteiger partial charge in [0.25, 0.3) is 0 Å². The number of aliphatic hydroxyl groups is 1. The molecule has 2 heteroatoms. The molecule has 0 amide bonds. The number of rotatable bonds is 5. The van der Waals surface area contributed by atoms with Crippen molar-refractivity contribution in [1.82, 2.24) is 0 Å². The topological polar surface area (TPSA) is 29.5 Å². The van der Waals surface area contributed by atoms with Crippen molar-refractivity contribution >= 4 is 0 Å². The highest BCUT2D eigenvalue weighted by atomic mass is 16.5. The number of ether oxygens (including phenoxy) is 1. The van der Waals surface area contributed by atoms with Crippen molar-refractivity contribution in [1.29, 1.82) is 0 Å². The number of hydrogen-bond acceptors (Lipinski definition) is 2. The zero-order valence-electron chi connectivity index (χ0n) is 9.79. The first kappa shape index (κ1) is 12.1. The summed E-state index contributed by atoms with van der Waals surface area (Å²) in [4.78, 5) is 0. The van der Waals surface area contributed by atoms with Crippen molar-refractivity contribution < 1.29 is 9.84 Å². The number of benzene rings is 1. The first-order valence-corrected chi connectivity index (χ1v) is 5.51. The van der Waals surface area contributed by atoms with E-state index >= 15 is 0 Å². The molecule has 2 nitrogen and oxygen atoms in total. The largest absolute Gasteiger partial charge is 0.493 e. The number of aryl methyl sites for hydroxylation is 2. The molecule has 0 heterocycles. The maximum atomic E-state index is 9.38. The number of aliphatic hydroxyl groups excluding tert-OH is 1. The average molecular weight is 208 g/mol. The lowest BCUT2D eigenvalue weighted by atomic mass is 10.1. The van der Waals surface area contributed by atoms with Gasteiger partial charge in [-0.15, -0.1) is 0 Å². The molecule has 84 valence electrons. The highest BCUT2D eigenvalue weighted by Crippen LogP contribution is 2.19. The summed E-state index contributed by atoms with van der Waals surface area (Å²) in [7, 11) is 0. The molecule has 15 heavy (non-hydrogen) atoms. The van der Waals surface area contributed by atoms with E-state index in [1.807, 2.05) is 26.8 Å². The molecule has 1 rings (SSSR count). The van der Waals surface area contributed by atoms with E-state index in [-0.39, 0.29) is 6.10 Å². The Kier molecular flexibility index (Phi) is 4.63. The molecule has 0 saturated heterocycles. The summed E-state index contributed by atoms with van der Waals surface area (Å²) in [5, 5.41) is 9.38. The molecular formula is C13H20O2. The molecule has 0 radical (unpaired) electrons. The third-order valence-electron chi connectivity index (χ3n) is 2.52. The lowest BCUT2D eigenvalue weighted by Crippen LogP contribution is -2.10. The van der Waals surface area contributed by atoms with E-state index in [1.54, 1.807) is 0 Å². The summed E-state index contributed by atoms with van der Waals surface area (Å²) in [5.74, 6) is 0.929. The van der Waals surface area contributed by atoms with Crippen LogP contribution in [0.4, 0.5) is 0 Å². The van der Waals surface area contributed by atoms with Gasteiger partial charge in [-0.3, -0.25) is 0 Å².